The highest BCUT2D eigenvalue weighted by Crippen LogP contribution is 2.24. The fourth-order valence-corrected chi connectivity index (χ4v) is 3.72. The van der Waals surface area contributed by atoms with Crippen molar-refractivity contribution in [2.75, 3.05) is 26.2 Å². The Bertz CT molecular complexity index is 236. The van der Waals surface area contributed by atoms with Crippen molar-refractivity contribution in [3.8, 4) is 0 Å². The van der Waals surface area contributed by atoms with Crippen LogP contribution >= 0.6 is 0 Å². The van der Waals surface area contributed by atoms with Crippen LogP contribution in [0.1, 0.15) is 90.9 Å². The van der Waals surface area contributed by atoms with Gasteiger partial charge in [0.1, 0.15) is 0 Å². The molecule has 1 unspecified atom stereocenters. The molecule has 1 rings (SSSR count). The average Bonchev–Trinajstić information content (AvgIpc) is 2.56. The normalized spacial score (nSPS) is 18.7. The molecule has 1 aliphatic rings. The Morgan fingerprint density at radius 1 is 0.864 bits per heavy atom. The molecule has 0 aromatic heterocycles. The molecular weight excluding hydrogens is 270 g/mol. The summed E-state index contributed by atoms with van der Waals surface area (Å²) in [5, 5.41) is 9.24. The number of hydrogen-bond donors (Lipinski definition) is 1. The van der Waals surface area contributed by atoms with Crippen LogP contribution in [0.4, 0.5) is 0 Å². The molecule has 0 bridgehead atoms. The van der Waals surface area contributed by atoms with Crippen LogP contribution in [-0.4, -0.2) is 36.2 Å². The van der Waals surface area contributed by atoms with Crippen molar-refractivity contribution >= 4 is 0 Å². The summed E-state index contributed by atoms with van der Waals surface area (Å²) in [4.78, 5) is 2.64. The molecule has 0 aromatic carbocycles. The van der Waals surface area contributed by atoms with Gasteiger partial charge in [0, 0.05) is 6.61 Å². The van der Waals surface area contributed by atoms with Gasteiger partial charge in [-0.15, -0.1) is 0 Å². The molecule has 0 spiro atoms. The molecule has 1 aliphatic heterocycles. The summed E-state index contributed by atoms with van der Waals surface area (Å²) in [6.45, 7) is 8.66. The Balaban J connectivity index is 1.86. The Morgan fingerprint density at radius 3 is 1.86 bits per heavy atom. The second-order valence-corrected chi connectivity index (χ2v) is 7.52. The van der Waals surface area contributed by atoms with Crippen molar-refractivity contribution in [2.24, 2.45) is 11.8 Å². The maximum absolute atomic E-state index is 9.24. The van der Waals surface area contributed by atoms with Crippen LogP contribution < -0.4 is 0 Å². The largest absolute Gasteiger partial charge is 0.396 e. The van der Waals surface area contributed by atoms with Crippen LogP contribution in [0.25, 0.3) is 0 Å². The van der Waals surface area contributed by atoms with E-state index in [9.17, 15) is 5.11 Å². The van der Waals surface area contributed by atoms with E-state index in [0.717, 1.165) is 5.92 Å². The van der Waals surface area contributed by atoms with E-state index < -0.39 is 0 Å². The molecule has 1 heterocycles. The van der Waals surface area contributed by atoms with Gasteiger partial charge in [-0.05, 0) is 50.7 Å². The summed E-state index contributed by atoms with van der Waals surface area (Å²) in [5.74, 6) is 1.26. The van der Waals surface area contributed by atoms with Crippen molar-refractivity contribution in [1.82, 2.24) is 4.90 Å². The van der Waals surface area contributed by atoms with E-state index in [-0.39, 0.29) is 0 Å². The Morgan fingerprint density at radius 2 is 1.36 bits per heavy atom. The van der Waals surface area contributed by atoms with Crippen molar-refractivity contribution in [2.45, 2.75) is 90.9 Å². The summed E-state index contributed by atoms with van der Waals surface area (Å²) in [6, 6.07) is 0. The van der Waals surface area contributed by atoms with Crippen LogP contribution in [0.15, 0.2) is 0 Å². The first kappa shape index (κ1) is 20.0. The van der Waals surface area contributed by atoms with Crippen molar-refractivity contribution in [1.29, 1.82) is 0 Å². The van der Waals surface area contributed by atoms with E-state index in [1.54, 1.807) is 0 Å². The molecule has 1 saturated heterocycles. The van der Waals surface area contributed by atoms with Gasteiger partial charge < -0.3 is 10.0 Å². The van der Waals surface area contributed by atoms with Gasteiger partial charge in [0.25, 0.3) is 0 Å². The summed E-state index contributed by atoms with van der Waals surface area (Å²) in [5.41, 5.74) is 0. The lowest BCUT2D eigenvalue weighted by molar-refractivity contribution is 0.114. The average molecular weight is 312 g/mol. The highest BCUT2D eigenvalue weighted by atomic mass is 16.3. The standard InChI is InChI=1S/C20H41NO/c1-3-4-5-6-7-8-9-10-11-12-15-21-16-13-20(14-17-21)19(2)18-22/h19-20,22H,3-18H2,1-2H3. The van der Waals surface area contributed by atoms with E-state index >= 15 is 0 Å². The number of unbranched alkanes of at least 4 members (excludes halogenated alkanes) is 9. The molecule has 0 amide bonds. The lowest BCUT2D eigenvalue weighted by Crippen LogP contribution is -2.36. The molecule has 0 aromatic rings. The van der Waals surface area contributed by atoms with E-state index in [0.29, 0.717) is 12.5 Å². The zero-order valence-corrected chi connectivity index (χ0v) is 15.4. The third-order valence-corrected chi connectivity index (χ3v) is 5.55. The van der Waals surface area contributed by atoms with Crippen LogP contribution in [0.3, 0.4) is 0 Å². The second kappa shape index (κ2) is 13.4. The van der Waals surface area contributed by atoms with Gasteiger partial charge in [-0.25, -0.2) is 0 Å². The van der Waals surface area contributed by atoms with Crippen LogP contribution in [0.5, 0.6) is 0 Å². The summed E-state index contributed by atoms with van der Waals surface area (Å²) in [6.07, 6.45) is 16.9. The number of piperidine rings is 1. The van der Waals surface area contributed by atoms with Crippen molar-refractivity contribution in [3.05, 3.63) is 0 Å². The minimum Gasteiger partial charge on any atom is -0.396 e. The predicted molar refractivity (Wildman–Crippen MR) is 97.3 cm³/mol. The molecule has 0 saturated carbocycles. The van der Waals surface area contributed by atoms with E-state index in [1.807, 2.05) is 0 Å². The maximum atomic E-state index is 9.24. The van der Waals surface area contributed by atoms with Gasteiger partial charge in [0.2, 0.25) is 0 Å². The number of nitrogens with zero attached hydrogens (tertiary/aromatic N) is 1. The highest BCUT2D eigenvalue weighted by molar-refractivity contribution is 4.75. The Kier molecular flexibility index (Phi) is 12.1. The first-order chi connectivity index (χ1) is 10.8. The Hall–Kier alpha value is -0.0800. The first-order valence-corrected chi connectivity index (χ1v) is 10.1. The Labute approximate surface area is 139 Å². The van der Waals surface area contributed by atoms with Gasteiger partial charge in [-0.1, -0.05) is 71.6 Å². The summed E-state index contributed by atoms with van der Waals surface area (Å²) >= 11 is 0. The fraction of sp³-hybridized carbons (Fsp3) is 1.00. The number of hydrogen-bond acceptors (Lipinski definition) is 2. The topological polar surface area (TPSA) is 23.5 Å². The lowest BCUT2D eigenvalue weighted by atomic mass is 9.86. The predicted octanol–water partition coefficient (Wildman–Crippen LogP) is 5.25. The summed E-state index contributed by atoms with van der Waals surface area (Å²) < 4.78 is 0. The maximum Gasteiger partial charge on any atom is 0.0459 e. The zero-order chi connectivity index (χ0) is 16.0. The van der Waals surface area contributed by atoms with Gasteiger partial charge in [0.05, 0.1) is 0 Å². The number of likely N-dealkylation sites (tertiary alicyclic amines) is 1. The molecule has 2 heteroatoms. The first-order valence-electron chi connectivity index (χ1n) is 10.1. The minimum atomic E-state index is 0.364. The zero-order valence-electron chi connectivity index (χ0n) is 15.4. The van der Waals surface area contributed by atoms with E-state index in [4.69, 9.17) is 0 Å². The van der Waals surface area contributed by atoms with Crippen LogP contribution in [0, 0.1) is 11.8 Å². The number of aliphatic hydroxyl groups excluding tert-OH is 1. The third-order valence-electron chi connectivity index (χ3n) is 5.55. The third kappa shape index (κ3) is 9.15. The minimum absolute atomic E-state index is 0.364. The molecule has 1 fully saturated rings. The number of rotatable bonds is 13. The second-order valence-electron chi connectivity index (χ2n) is 7.52. The molecule has 1 atom stereocenters. The smallest absolute Gasteiger partial charge is 0.0459 e. The van der Waals surface area contributed by atoms with Gasteiger partial charge >= 0.3 is 0 Å². The molecule has 0 radical (unpaired) electrons. The molecule has 0 aliphatic carbocycles. The van der Waals surface area contributed by atoms with E-state index in [1.165, 1.54) is 96.7 Å². The lowest BCUT2D eigenvalue weighted by Gasteiger charge is -2.34. The van der Waals surface area contributed by atoms with Crippen molar-refractivity contribution < 1.29 is 5.11 Å². The molecular formula is C20H41NO. The quantitative estimate of drug-likeness (QED) is 0.470. The van der Waals surface area contributed by atoms with Crippen molar-refractivity contribution in [3.63, 3.8) is 0 Å². The van der Waals surface area contributed by atoms with Gasteiger partial charge in [-0.3, -0.25) is 0 Å². The SMILES string of the molecule is CCCCCCCCCCCCN1CCC(C(C)CO)CC1. The van der Waals surface area contributed by atoms with Gasteiger partial charge in [0.15, 0.2) is 0 Å². The summed E-state index contributed by atoms with van der Waals surface area (Å²) in [7, 11) is 0. The van der Waals surface area contributed by atoms with Crippen LogP contribution in [-0.2, 0) is 0 Å². The van der Waals surface area contributed by atoms with Gasteiger partial charge in [-0.2, -0.15) is 0 Å². The van der Waals surface area contributed by atoms with Crippen LogP contribution in [0.2, 0.25) is 0 Å². The van der Waals surface area contributed by atoms with E-state index in [2.05, 4.69) is 18.7 Å². The highest BCUT2D eigenvalue weighted by Gasteiger charge is 2.22. The number of aliphatic hydroxyl groups is 1. The molecule has 132 valence electrons. The fourth-order valence-electron chi connectivity index (χ4n) is 3.72. The molecule has 2 nitrogen and oxygen atoms in total. The monoisotopic (exact) mass is 311 g/mol. The molecule has 1 N–H and O–H groups in total. The molecule has 22 heavy (non-hydrogen) atoms.